The summed E-state index contributed by atoms with van der Waals surface area (Å²) < 4.78 is 5.26. The summed E-state index contributed by atoms with van der Waals surface area (Å²) in [6.45, 7) is 4.76. The average molecular weight is 257 g/mol. The molecule has 0 saturated heterocycles. The second-order valence-corrected chi connectivity index (χ2v) is 5.26. The van der Waals surface area contributed by atoms with Crippen molar-refractivity contribution >= 4 is 5.97 Å². The smallest absolute Gasteiger partial charge is 0.326 e. The summed E-state index contributed by atoms with van der Waals surface area (Å²) in [5.41, 5.74) is -0.510. The molecular formula is C14H27NO3. The Morgan fingerprint density at radius 3 is 2.44 bits per heavy atom. The van der Waals surface area contributed by atoms with Crippen LogP contribution < -0.4 is 0 Å². The molecule has 0 aromatic carbocycles. The fourth-order valence-corrected chi connectivity index (χ4v) is 2.76. The summed E-state index contributed by atoms with van der Waals surface area (Å²) in [5.74, 6) is -0.115. The van der Waals surface area contributed by atoms with E-state index in [1.165, 1.54) is 6.42 Å². The van der Waals surface area contributed by atoms with Crippen LogP contribution in [0, 0.1) is 0 Å². The van der Waals surface area contributed by atoms with E-state index >= 15 is 0 Å². The Hall–Kier alpha value is -0.610. The van der Waals surface area contributed by atoms with Crippen molar-refractivity contribution in [3.63, 3.8) is 0 Å². The van der Waals surface area contributed by atoms with Gasteiger partial charge in [0.2, 0.25) is 0 Å². The molecule has 0 heterocycles. The Kier molecular flexibility index (Phi) is 6.09. The molecule has 1 fully saturated rings. The summed E-state index contributed by atoms with van der Waals surface area (Å²) in [4.78, 5) is 14.3. The average Bonchev–Trinajstić information content (AvgIpc) is 2.39. The maximum atomic E-state index is 12.3. The molecule has 106 valence electrons. The molecule has 4 heteroatoms. The van der Waals surface area contributed by atoms with Gasteiger partial charge in [0.1, 0.15) is 5.54 Å². The van der Waals surface area contributed by atoms with Crippen molar-refractivity contribution in [2.75, 3.05) is 20.2 Å². The van der Waals surface area contributed by atoms with Crippen molar-refractivity contribution < 1.29 is 14.6 Å². The van der Waals surface area contributed by atoms with E-state index in [2.05, 4.69) is 0 Å². The molecule has 0 aromatic heterocycles. The van der Waals surface area contributed by atoms with Crippen LogP contribution in [-0.4, -0.2) is 47.8 Å². The Morgan fingerprint density at radius 2 is 1.94 bits per heavy atom. The number of aliphatic hydroxyl groups excluding tert-OH is 1. The molecule has 1 N–H and O–H groups in total. The monoisotopic (exact) mass is 257 g/mol. The zero-order valence-corrected chi connectivity index (χ0v) is 11.9. The number of β-amino-alcohol motifs (C(OH)–C–C–N with tert-alkyl or cyclic N) is 1. The molecule has 0 radical (unpaired) electrons. The molecule has 1 unspecified atom stereocenters. The molecule has 18 heavy (non-hydrogen) atoms. The Balaban J connectivity index is 2.78. The SMILES string of the molecule is CCOC(=O)C1(N(C)CC(O)CC)CCCCC1. The molecule has 4 nitrogen and oxygen atoms in total. The molecule has 1 aliphatic rings. The molecule has 0 amide bonds. The number of carbonyl (C=O) groups excluding carboxylic acids is 1. The van der Waals surface area contributed by atoms with E-state index in [9.17, 15) is 9.90 Å². The van der Waals surface area contributed by atoms with E-state index in [-0.39, 0.29) is 12.1 Å². The standard InChI is InChI=1S/C14H27NO3/c1-4-12(16)11-15(3)14(13(17)18-5-2)9-7-6-8-10-14/h12,16H,4-11H2,1-3H3. The van der Waals surface area contributed by atoms with Gasteiger partial charge in [0.15, 0.2) is 0 Å². The number of carbonyl (C=O) groups is 1. The van der Waals surface area contributed by atoms with Gasteiger partial charge in [0, 0.05) is 6.54 Å². The van der Waals surface area contributed by atoms with E-state index in [1.807, 2.05) is 25.8 Å². The number of ether oxygens (including phenoxy) is 1. The minimum Gasteiger partial charge on any atom is -0.465 e. The summed E-state index contributed by atoms with van der Waals surface area (Å²) in [6.07, 6.45) is 5.34. The first-order valence-electron chi connectivity index (χ1n) is 7.13. The predicted octanol–water partition coefficient (Wildman–Crippen LogP) is 1.96. The molecule has 1 saturated carbocycles. The normalized spacial score (nSPS) is 20.7. The van der Waals surface area contributed by atoms with E-state index < -0.39 is 5.54 Å². The summed E-state index contributed by atoms with van der Waals surface area (Å²) in [6, 6.07) is 0. The second kappa shape index (κ2) is 7.10. The first-order chi connectivity index (χ1) is 8.56. The van der Waals surface area contributed by atoms with Crippen molar-refractivity contribution in [1.29, 1.82) is 0 Å². The van der Waals surface area contributed by atoms with Crippen LogP contribution >= 0.6 is 0 Å². The van der Waals surface area contributed by atoms with Gasteiger partial charge in [-0.3, -0.25) is 9.69 Å². The zero-order valence-electron chi connectivity index (χ0n) is 11.9. The lowest BCUT2D eigenvalue weighted by Crippen LogP contribution is -2.56. The van der Waals surface area contributed by atoms with Gasteiger partial charge in [-0.15, -0.1) is 0 Å². The molecule has 0 aliphatic heterocycles. The molecular weight excluding hydrogens is 230 g/mol. The third kappa shape index (κ3) is 3.45. The number of esters is 1. The topological polar surface area (TPSA) is 49.8 Å². The maximum absolute atomic E-state index is 12.3. The third-order valence-electron chi connectivity index (χ3n) is 4.02. The summed E-state index contributed by atoms with van der Waals surface area (Å²) >= 11 is 0. The van der Waals surface area contributed by atoms with Gasteiger partial charge in [-0.2, -0.15) is 0 Å². The highest BCUT2D eigenvalue weighted by molar-refractivity contribution is 5.81. The lowest BCUT2D eigenvalue weighted by atomic mass is 9.80. The van der Waals surface area contributed by atoms with Gasteiger partial charge >= 0.3 is 5.97 Å². The predicted molar refractivity (Wildman–Crippen MR) is 71.4 cm³/mol. The number of hydrogen-bond acceptors (Lipinski definition) is 4. The lowest BCUT2D eigenvalue weighted by Gasteiger charge is -2.42. The van der Waals surface area contributed by atoms with Crippen molar-refractivity contribution in [2.24, 2.45) is 0 Å². The molecule has 1 atom stereocenters. The van der Waals surface area contributed by atoms with Crippen molar-refractivity contribution in [1.82, 2.24) is 4.90 Å². The third-order valence-corrected chi connectivity index (χ3v) is 4.02. The maximum Gasteiger partial charge on any atom is 0.326 e. The first-order valence-corrected chi connectivity index (χ1v) is 7.13. The Labute approximate surface area is 110 Å². The van der Waals surface area contributed by atoms with Gasteiger partial charge in [0.25, 0.3) is 0 Å². The van der Waals surface area contributed by atoms with Crippen molar-refractivity contribution in [3.8, 4) is 0 Å². The fraction of sp³-hybridized carbons (Fsp3) is 0.929. The van der Waals surface area contributed by atoms with Gasteiger partial charge in [0.05, 0.1) is 12.7 Å². The summed E-state index contributed by atoms with van der Waals surface area (Å²) in [7, 11) is 1.93. The van der Waals surface area contributed by atoms with E-state index in [1.54, 1.807) is 0 Å². The second-order valence-electron chi connectivity index (χ2n) is 5.26. The molecule has 1 aliphatic carbocycles. The van der Waals surface area contributed by atoms with Gasteiger partial charge in [-0.1, -0.05) is 26.2 Å². The van der Waals surface area contributed by atoms with Crippen LogP contribution in [0.2, 0.25) is 0 Å². The largest absolute Gasteiger partial charge is 0.465 e. The van der Waals surface area contributed by atoms with Crippen LogP contribution in [0.1, 0.15) is 52.4 Å². The van der Waals surface area contributed by atoms with Crippen LogP contribution in [-0.2, 0) is 9.53 Å². The number of likely N-dealkylation sites (N-methyl/N-ethyl adjacent to an activating group) is 1. The van der Waals surface area contributed by atoms with Crippen LogP contribution in [0.5, 0.6) is 0 Å². The quantitative estimate of drug-likeness (QED) is 0.739. The van der Waals surface area contributed by atoms with E-state index in [4.69, 9.17) is 4.74 Å². The Morgan fingerprint density at radius 1 is 1.33 bits per heavy atom. The van der Waals surface area contributed by atoms with E-state index in [0.29, 0.717) is 19.6 Å². The van der Waals surface area contributed by atoms with Crippen molar-refractivity contribution in [2.45, 2.75) is 64.0 Å². The van der Waals surface area contributed by atoms with Crippen LogP contribution in [0.25, 0.3) is 0 Å². The number of nitrogens with zero attached hydrogens (tertiary/aromatic N) is 1. The number of aliphatic hydroxyl groups is 1. The van der Waals surface area contributed by atoms with Gasteiger partial charge in [-0.25, -0.2) is 0 Å². The number of hydrogen-bond donors (Lipinski definition) is 1. The van der Waals surface area contributed by atoms with E-state index in [0.717, 1.165) is 25.7 Å². The number of rotatable bonds is 6. The highest BCUT2D eigenvalue weighted by Crippen LogP contribution is 2.34. The highest BCUT2D eigenvalue weighted by Gasteiger charge is 2.44. The highest BCUT2D eigenvalue weighted by atomic mass is 16.5. The molecule has 1 rings (SSSR count). The zero-order chi connectivity index (χ0) is 13.6. The first kappa shape index (κ1) is 15.4. The fourth-order valence-electron chi connectivity index (χ4n) is 2.76. The lowest BCUT2D eigenvalue weighted by molar-refractivity contribution is -0.160. The van der Waals surface area contributed by atoms with Crippen LogP contribution in [0.4, 0.5) is 0 Å². The van der Waals surface area contributed by atoms with Crippen LogP contribution in [0.15, 0.2) is 0 Å². The Bertz CT molecular complexity index is 262. The molecule has 0 spiro atoms. The van der Waals surface area contributed by atoms with Gasteiger partial charge < -0.3 is 9.84 Å². The minimum absolute atomic E-state index is 0.115. The molecule has 0 bridgehead atoms. The van der Waals surface area contributed by atoms with Gasteiger partial charge in [-0.05, 0) is 33.2 Å². The van der Waals surface area contributed by atoms with Crippen molar-refractivity contribution in [3.05, 3.63) is 0 Å². The minimum atomic E-state index is -0.510. The summed E-state index contributed by atoms with van der Waals surface area (Å²) in [5, 5.41) is 9.79. The molecule has 0 aromatic rings. The van der Waals surface area contributed by atoms with Crippen LogP contribution in [0.3, 0.4) is 0 Å².